The van der Waals surface area contributed by atoms with Crippen molar-refractivity contribution in [1.29, 1.82) is 0 Å². The lowest BCUT2D eigenvalue weighted by Crippen LogP contribution is -2.17. The molecule has 0 fully saturated rings. The lowest BCUT2D eigenvalue weighted by molar-refractivity contribution is -0.138. The van der Waals surface area contributed by atoms with Crippen molar-refractivity contribution in [1.82, 2.24) is 4.98 Å². The fraction of sp³-hybridized carbons (Fsp3) is 0.150. The van der Waals surface area contributed by atoms with E-state index in [9.17, 15) is 14.7 Å². The summed E-state index contributed by atoms with van der Waals surface area (Å²) in [5.41, 5.74) is 2.35. The fourth-order valence-corrected chi connectivity index (χ4v) is 3.49. The Morgan fingerprint density at radius 3 is 2.69 bits per heavy atom. The number of nitrogens with zero attached hydrogens (tertiary/aromatic N) is 1. The number of para-hydroxylation sites is 1. The molecule has 0 aliphatic heterocycles. The minimum Gasteiger partial charge on any atom is -0.481 e. The molecule has 5 nitrogen and oxygen atoms in total. The van der Waals surface area contributed by atoms with E-state index >= 15 is 0 Å². The van der Waals surface area contributed by atoms with Gasteiger partial charge in [-0.1, -0.05) is 31.2 Å². The van der Waals surface area contributed by atoms with Crippen LogP contribution in [0.3, 0.4) is 0 Å². The van der Waals surface area contributed by atoms with Gasteiger partial charge in [-0.05, 0) is 52.2 Å². The molecule has 0 bridgehead atoms. The highest BCUT2D eigenvalue weighted by atomic mass is 79.9. The molecule has 0 saturated carbocycles. The third-order valence-electron chi connectivity index (χ3n) is 4.21. The summed E-state index contributed by atoms with van der Waals surface area (Å²) in [6.07, 6.45) is 2.13. The van der Waals surface area contributed by atoms with Crippen LogP contribution in [0.2, 0.25) is 0 Å². The summed E-state index contributed by atoms with van der Waals surface area (Å²) in [7, 11) is 0. The number of nitrogens with one attached hydrogen (secondary N) is 1. The summed E-state index contributed by atoms with van der Waals surface area (Å²) >= 11 is 3.45. The smallest absolute Gasteiger partial charge is 0.311 e. The number of hydrogen-bond donors (Lipinski definition) is 2. The van der Waals surface area contributed by atoms with Gasteiger partial charge in [-0.3, -0.25) is 14.6 Å². The van der Waals surface area contributed by atoms with Gasteiger partial charge < -0.3 is 10.4 Å². The van der Waals surface area contributed by atoms with Gasteiger partial charge in [0.05, 0.1) is 11.4 Å². The van der Waals surface area contributed by atoms with Crippen LogP contribution >= 0.6 is 15.9 Å². The maximum Gasteiger partial charge on any atom is 0.311 e. The van der Waals surface area contributed by atoms with Crippen molar-refractivity contribution in [3.63, 3.8) is 0 Å². The first kappa shape index (κ1) is 18.1. The molecule has 6 heteroatoms. The molecule has 1 heterocycles. The maximum atomic E-state index is 12.7. The topological polar surface area (TPSA) is 79.3 Å². The third kappa shape index (κ3) is 3.60. The average Bonchev–Trinajstić information content (AvgIpc) is 2.63. The predicted molar refractivity (Wildman–Crippen MR) is 105 cm³/mol. The van der Waals surface area contributed by atoms with Crippen molar-refractivity contribution in [3.05, 3.63) is 70.3 Å². The SMILES string of the molecule is CCC(C(=O)O)c1ccccc1NC(=O)c1cc(Br)c2ncccc2c1. The molecule has 1 unspecified atom stereocenters. The number of pyridine rings is 1. The van der Waals surface area contributed by atoms with E-state index in [1.165, 1.54) is 0 Å². The van der Waals surface area contributed by atoms with Gasteiger partial charge in [-0.25, -0.2) is 0 Å². The number of halogens is 1. The number of carbonyl (C=O) groups is 2. The highest BCUT2D eigenvalue weighted by Crippen LogP contribution is 2.29. The van der Waals surface area contributed by atoms with Crippen molar-refractivity contribution in [2.45, 2.75) is 19.3 Å². The summed E-state index contributed by atoms with van der Waals surface area (Å²) in [6.45, 7) is 1.81. The molecular weight excluding hydrogens is 396 g/mol. The van der Waals surface area contributed by atoms with Crippen molar-refractivity contribution in [2.75, 3.05) is 5.32 Å². The maximum absolute atomic E-state index is 12.7. The molecular formula is C20H17BrN2O3. The number of fused-ring (bicyclic) bond motifs is 1. The van der Waals surface area contributed by atoms with Gasteiger partial charge in [-0.2, -0.15) is 0 Å². The Labute approximate surface area is 159 Å². The number of carboxylic acid groups (broad SMARTS) is 1. The van der Waals surface area contributed by atoms with Crippen molar-refractivity contribution in [3.8, 4) is 0 Å². The van der Waals surface area contributed by atoms with Crippen LogP contribution in [0.15, 0.2) is 59.2 Å². The quantitative estimate of drug-likeness (QED) is 0.628. The van der Waals surface area contributed by atoms with E-state index in [0.29, 0.717) is 23.2 Å². The van der Waals surface area contributed by atoms with E-state index < -0.39 is 11.9 Å². The molecule has 26 heavy (non-hydrogen) atoms. The molecule has 0 spiro atoms. The largest absolute Gasteiger partial charge is 0.481 e. The van der Waals surface area contributed by atoms with Crippen LogP contribution in [0.4, 0.5) is 5.69 Å². The molecule has 1 amide bonds. The first-order valence-electron chi connectivity index (χ1n) is 8.18. The average molecular weight is 413 g/mol. The number of hydrogen-bond acceptors (Lipinski definition) is 3. The van der Waals surface area contributed by atoms with Gasteiger partial charge >= 0.3 is 5.97 Å². The Balaban J connectivity index is 1.95. The van der Waals surface area contributed by atoms with Crippen molar-refractivity contribution >= 4 is 44.4 Å². The minimum atomic E-state index is -0.909. The van der Waals surface area contributed by atoms with Gasteiger partial charge in [0.2, 0.25) is 0 Å². The molecule has 0 saturated heterocycles. The van der Waals surface area contributed by atoms with Crippen LogP contribution in [0, 0.1) is 0 Å². The fourth-order valence-electron chi connectivity index (χ4n) is 2.92. The van der Waals surface area contributed by atoms with Crippen molar-refractivity contribution in [2.24, 2.45) is 0 Å². The van der Waals surface area contributed by atoms with Gasteiger partial charge in [0.25, 0.3) is 5.91 Å². The zero-order valence-electron chi connectivity index (χ0n) is 14.1. The van der Waals surface area contributed by atoms with Gasteiger partial charge in [0, 0.05) is 27.3 Å². The summed E-state index contributed by atoms with van der Waals surface area (Å²) < 4.78 is 0.728. The van der Waals surface area contributed by atoms with Crippen LogP contribution in [-0.4, -0.2) is 22.0 Å². The number of rotatable bonds is 5. The lowest BCUT2D eigenvalue weighted by atomic mass is 9.95. The molecule has 0 aliphatic carbocycles. The number of aliphatic carboxylic acids is 1. The molecule has 3 aromatic rings. The Morgan fingerprint density at radius 1 is 1.19 bits per heavy atom. The molecule has 2 aromatic carbocycles. The second kappa shape index (κ2) is 7.66. The second-order valence-electron chi connectivity index (χ2n) is 5.87. The Kier molecular flexibility index (Phi) is 5.32. The standard InChI is InChI=1S/C20H17BrN2O3/c1-2-14(20(25)26)15-7-3-4-8-17(15)23-19(24)13-10-12-6-5-9-22-18(12)16(21)11-13/h3-11,14H,2H2,1H3,(H,23,24)(H,25,26). The van der Waals surface area contributed by atoms with Gasteiger partial charge in [0.15, 0.2) is 0 Å². The van der Waals surface area contributed by atoms with Crippen LogP contribution in [-0.2, 0) is 4.79 Å². The monoisotopic (exact) mass is 412 g/mol. The van der Waals surface area contributed by atoms with Gasteiger partial charge in [-0.15, -0.1) is 0 Å². The van der Waals surface area contributed by atoms with E-state index in [-0.39, 0.29) is 5.91 Å². The Morgan fingerprint density at radius 2 is 1.96 bits per heavy atom. The Hall–Kier alpha value is -2.73. The van der Waals surface area contributed by atoms with Crippen LogP contribution in [0.5, 0.6) is 0 Å². The molecule has 1 aromatic heterocycles. The number of anilines is 1. The molecule has 132 valence electrons. The molecule has 0 aliphatic rings. The van der Waals surface area contributed by atoms with Crippen LogP contribution in [0.25, 0.3) is 10.9 Å². The number of amides is 1. The molecule has 3 rings (SSSR count). The van der Waals surface area contributed by atoms with E-state index in [1.54, 1.807) is 42.6 Å². The number of benzene rings is 2. The third-order valence-corrected chi connectivity index (χ3v) is 4.82. The molecule has 1 atom stereocenters. The highest BCUT2D eigenvalue weighted by Gasteiger charge is 2.21. The lowest BCUT2D eigenvalue weighted by Gasteiger charge is -2.16. The molecule has 2 N–H and O–H groups in total. The minimum absolute atomic E-state index is 0.302. The zero-order valence-corrected chi connectivity index (χ0v) is 15.7. The van der Waals surface area contributed by atoms with Crippen LogP contribution in [0.1, 0.15) is 35.2 Å². The predicted octanol–water partition coefficient (Wildman–Crippen LogP) is 4.83. The first-order chi connectivity index (χ1) is 12.5. The van der Waals surface area contributed by atoms with E-state index in [1.807, 2.05) is 19.1 Å². The number of aromatic nitrogens is 1. The normalized spacial score (nSPS) is 11.9. The number of carboxylic acids is 1. The second-order valence-corrected chi connectivity index (χ2v) is 6.73. The van der Waals surface area contributed by atoms with Gasteiger partial charge in [0.1, 0.15) is 0 Å². The summed E-state index contributed by atoms with van der Waals surface area (Å²) in [5.74, 6) is -1.88. The zero-order chi connectivity index (χ0) is 18.7. The van der Waals surface area contributed by atoms with E-state index in [0.717, 1.165) is 15.4 Å². The summed E-state index contributed by atoms with van der Waals surface area (Å²) in [5, 5.41) is 13.1. The molecule has 0 radical (unpaired) electrons. The summed E-state index contributed by atoms with van der Waals surface area (Å²) in [6, 6.07) is 14.2. The van der Waals surface area contributed by atoms with Crippen molar-refractivity contribution < 1.29 is 14.7 Å². The van der Waals surface area contributed by atoms with Crippen LogP contribution < -0.4 is 5.32 Å². The Bertz CT molecular complexity index is 988. The summed E-state index contributed by atoms with van der Waals surface area (Å²) in [4.78, 5) is 28.5. The number of carbonyl (C=O) groups excluding carboxylic acids is 1. The highest BCUT2D eigenvalue weighted by molar-refractivity contribution is 9.10. The first-order valence-corrected chi connectivity index (χ1v) is 8.98. The van der Waals surface area contributed by atoms with E-state index in [2.05, 4.69) is 26.2 Å². The van der Waals surface area contributed by atoms with E-state index in [4.69, 9.17) is 0 Å².